The molecule has 0 saturated heterocycles. The van der Waals surface area contributed by atoms with E-state index in [1.165, 1.54) is 110 Å². The minimum Gasteiger partial charge on any atom is -0.310 e. The molecular formula is C44H32B4N2. The van der Waals surface area contributed by atoms with Gasteiger partial charge in [0.1, 0.15) is 31.4 Å². The lowest BCUT2D eigenvalue weighted by Gasteiger charge is -2.24. The molecule has 0 aliphatic carbocycles. The molecule has 0 aliphatic rings. The molecule has 50 heavy (non-hydrogen) atoms. The second kappa shape index (κ2) is 10.8. The Hall–Kier alpha value is -5.86. The molecule has 8 aromatic carbocycles. The summed E-state index contributed by atoms with van der Waals surface area (Å²) in [5.74, 6) is 0. The Morgan fingerprint density at radius 3 is 1.70 bits per heavy atom. The van der Waals surface area contributed by atoms with Crippen LogP contribution in [0.2, 0.25) is 0 Å². The van der Waals surface area contributed by atoms with Crippen LogP contribution in [0.3, 0.4) is 0 Å². The molecule has 10 rings (SSSR count). The Balaban J connectivity index is 1.36. The minimum absolute atomic E-state index is 1.17. The zero-order valence-electron chi connectivity index (χ0n) is 28.8. The fraction of sp³-hybridized carbons (Fsp3) is 0. The Morgan fingerprint density at radius 1 is 0.360 bits per heavy atom. The number of nitrogens with zero attached hydrogens (tertiary/aromatic N) is 2. The van der Waals surface area contributed by atoms with Crippen molar-refractivity contribution in [3.8, 4) is 22.5 Å². The molecule has 0 fully saturated rings. The largest absolute Gasteiger partial charge is 0.310 e. The van der Waals surface area contributed by atoms with E-state index in [1.807, 2.05) is 0 Å². The van der Waals surface area contributed by atoms with E-state index in [0.29, 0.717) is 0 Å². The molecule has 0 saturated carbocycles. The lowest BCUT2D eigenvalue weighted by molar-refractivity contribution is 1.18. The van der Waals surface area contributed by atoms with Crippen LogP contribution in [0.1, 0.15) is 0 Å². The number of aromatic nitrogens is 2. The first-order valence-electron chi connectivity index (χ1n) is 17.5. The zero-order valence-corrected chi connectivity index (χ0v) is 28.8. The summed E-state index contributed by atoms with van der Waals surface area (Å²) >= 11 is 0. The molecule has 2 nitrogen and oxygen atoms in total. The van der Waals surface area contributed by atoms with E-state index in [0.717, 1.165) is 0 Å². The van der Waals surface area contributed by atoms with Gasteiger partial charge in [0.15, 0.2) is 0 Å². The van der Waals surface area contributed by atoms with Crippen LogP contribution in [-0.4, -0.2) is 40.5 Å². The second-order valence-corrected chi connectivity index (χ2v) is 13.8. The van der Waals surface area contributed by atoms with Gasteiger partial charge in [0.05, 0.1) is 22.1 Å². The van der Waals surface area contributed by atoms with Crippen LogP contribution in [0.25, 0.3) is 87.7 Å². The molecule has 0 bridgehead atoms. The van der Waals surface area contributed by atoms with Crippen LogP contribution < -0.4 is 21.9 Å². The van der Waals surface area contributed by atoms with E-state index >= 15 is 0 Å². The summed E-state index contributed by atoms with van der Waals surface area (Å²) < 4.78 is 5.04. The monoisotopic (exact) mass is 632 g/mol. The topological polar surface area (TPSA) is 9.86 Å². The number of hydrogen-bond donors (Lipinski definition) is 0. The average Bonchev–Trinajstić information content (AvgIpc) is 3.68. The fourth-order valence-corrected chi connectivity index (χ4v) is 8.89. The molecule has 2 heterocycles. The van der Waals surface area contributed by atoms with Gasteiger partial charge in [-0.1, -0.05) is 137 Å². The van der Waals surface area contributed by atoms with Gasteiger partial charge in [0.25, 0.3) is 0 Å². The van der Waals surface area contributed by atoms with E-state index < -0.39 is 0 Å². The van der Waals surface area contributed by atoms with Crippen LogP contribution in [0.5, 0.6) is 0 Å². The van der Waals surface area contributed by atoms with E-state index in [9.17, 15) is 0 Å². The first-order chi connectivity index (χ1) is 24.5. The number of hydrogen-bond acceptors (Lipinski definition) is 0. The maximum absolute atomic E-state index is 2.55. The molecule has 0 aliphatic heterocycles. The average molecular weight is 632 g/mol. The van der Waals surface area contributed by atoms with Crippen LogP contribution in [-0.2, 0) is 0 Å². The molecular weight excluding hydrogens is 600 g/mol. The maximum Gasteiger partial charge on any atom is 0.141 e. The van der Waals surface area contributed by atoms with Crippen LogP contribution in [0.4, 0.5) is 0 Å². The molecule has 230 valence electrons. The molecule has 0 unspecified atom stereocenters. The van der Waals surface area contributed by atoms with Crippen molar-refractivity contribution in [2.75, 3.05) is 0 Å². The first-order valence-corrected chi connectivity index (χ1v) is 17.5. The predicted octanol–water partition coefficient (Wildman–Crippen LogP) is 4.89. The normalized spacial score (nSPS) is 11.9. The molecule has 0 atom stereocenters. The van der Waals surface area contributed by atoms with E-state index in [-0.39, 0.29) is 0 Å². The predicted molar refractivity (Wildman–Crippen MR) is 228 cm³/mol. The summed E-state index contributed by atoms with van der Waals surface area (Å²) in [6, 6.07) is 53.4. The standard InChI is InChI=1S/C44H32B4N2/c45-39-38(30-19-10-13-25-11-4-6-16-28(25)30)40(46)42(48)44(41(39)47)50-33-20-9-8-18-31(33)37-35(50)24-22-32-36-29-17-7-5-12-26(29)21-23-34(36)49(43(32)37)27-14-2-1-3-15-27/h1-24H,45-48H2. The molecule has 0 N–H and O–H groups in total. The summed E-state index contributed by atoms with van der Waals surface area (Å²) in [6.45, 7) is 0. The first kappa shape index (κ1) is 29.1. The SMILES string of the molecule is Bc1c(B)c(-n2c3ccccc3c3c2ccc2c4c5ccccc5ccc4n(-c4ccccc4)c23)c(B)c(B)c1-c1cccc2ccccc12. The van der Waals surface area contributed by atoms with E-state index in [4.69, 9.17) is 0 Å². The second-order valence-electron chi connectivity index (χ2n) is 13.8. The molecule has 0 radical (unpaired) electrons. The number of benzene rings is 8. The van der Waals surface area contributed by atoms with Crippen molar-refractivity contribution < 1.29 is 0 Å². The lowest BCUT2D eigenvalue weighted by Crippen LogP contribution is -2.46. The smallest absolute Gasteiger partial charge is 0.141 e. The maximum atomic E-state index is 2.55. The molecule has 0 spiro atoms. The van der Waals surface area contributed by atoms with Crippen molar-refractivity contribution in [3.05, 3.63) is 146 Å². The Kier molecular flexibility index (Phi) is 6.30. The third-order valence-electron chi connectivity index (χ3n) is 11.3. The van der Waals surface area contributed by atoms with Crippen LogP contribution in [0, 0.1) is 0 Å². The molecule has 10 aromatic rings. The number of para-hydroxylation sites is 2. The zero-order chi connectivity index (χ0) is 33.7. The van der Waals surface area contributed by atoms with Gasteiger partial charge in [-0.15, -0.1) is 0 Å². The van der Waals surface area contributed by atoms with Crippen LogP contribution >= 0.6 is 0 Å². The summed E-state index contributed by atoms with van der Waals surface area (Å²) in [4.78, 5) is 0. The van der Waals surface area contributed by atoms with Gasteiger partial charge in [0.2, 0.25) is 0 Å². The number of rotatable bonds is 3. The molecule has 2 aromatic heterocycles. The molecule has 0 amide bonds. The van der Waals surface area contributed by atoms with Crippen molar-refractivity contribution in [1.82, 2.24) is 9.13 Å². The van der Waals surface area contributed by atoms with E-state index in [2.05, 4.69) is 186 Å². The van der Waals surface area contributed by atoms with E-state index in [1.54, 1.807) is 0 Å². The fourth-order valence-electron chi connectivity index (χ4n) is 8.89. The highest BCUT2D eigenvalue weighted by Crippen LogP contribution is 2.43. The van der Waals surface area contributed by atoms with Gasteiger partial charge in [-0.25, -0.2) is 0 Å². The summed E-state index contributed by atoms with van der Waals surface area (Å²) in [7, 11) is 9.26. The summed E-state index contributed by atoms with van der Waals surface area (Å²) in [5, 5.41) is 10.3. The lowest BCUT2D eigenvalue weighted by atomic mass is 9.64. The Morgan fingerprint density at radius 2 is 0.940 bits per heavy atom. The Bertz CT molecular complexity index is 2990. The highest BCUT2D eigenvalue weighted by molar-refractivity contribution is 6.62. The highest BCUT2D eigenvalue weighted by atomic mass is 15.0. The van der Waals surface area contributed by atoms with Gasteiger partial charge in [0, 0.05) is 32.9 Å². The number of fused-ring (bicyclic) bond motifs is 10. The Labute approximate surface area is 294 Å². The van der Waals surface area contributed by atoms with Gasteiger partial charge >= 0.3 is 0 Å². The van der Waals surface area contributed by atoms with Crippen molar-refractivity contribution in [1.29, 1.82) is 0 Å². The summed E-state index contributed by atoms with van der Waals surface area (Å²) in [6.07, 6.45) is 0. The quantitative estimate of drug-likeness (QED) is 0.246. The van der Waals surface area contributed by atoms with Gasteiger partial charge in [-0.2, -0.15) is 0 Å². The summed E-state index contributed by atoms with van der Waals surface area (Å²) in [5.41, 5.74) is 15.3. The van der Waals surface area contributed by atoms with Gasteiger partial charge in [-0.05, 0) is 63.0 Å². The highest BCUT2D eigenvalue weighted by Gasteiger charge is 2.24. The van der Waals surface area contributed by atoms with Crippen molar-refractivity contribution >= 4 is 118 Å². The van der Waals surface area contributed by atoms with Crippen molar-refractivity contribution in [2.45, 2.75) is 0 Å². The van der Waals surface area contributed by atoms with Gasteiger partial charge in [-0.3, -0.25) is 0 Å². The molecule has 6 heteroatoms. The third kappa shape index (κ3) is 3.91. The van der Waals surface area contributed by atoms with Crippen LogP contribution in [0.15, 0.2) is 146 Å². The minimum atomic E-state index is 1.17. The van der Waals surface area contributed by atoms with Crippen molar-refractivity contribution in [2.24, 2.45) is 0 Å². The third-order valence-corrected chi connectivity index (χ3v) is 11.3. The van der Waals surface area contributed by atoms with Crippen molar-refractivity contribution in [3.63, 3.8) is 0 Å². The van der Waals surface area contributed by atoms with Gasteiger partial charge < -0.3 is 9.13 Å².